The first-order chi connectivity index (χ1) is 7.29. The molecule has 0 aromatic rings. The minimum atomic E-state index is 0.759. The Bertz CT molecular complexity index is 197. The number of hydrogen-bond donors (Lipinski definition) is 1. The first kappa shape index (κ1) is 14.2. The van der Waals surface area contributed by atoms with Gasteiger partial charge in [0.05, 0.1) is 0 Å². The molecule has 1 N–H and O–H groups in total. The molecule has 0 saturated heterocycles. The van der Waals surface area contributed by atoms with Crippen LogP contribution in [-0.4, -0.2) is 14.1 Å². The molecule has 1 rings (SSSR count). The van der Waals surface area contributed by atoms with Crippen LogP contribution in [0.4, 0.5) is 0 Å². The summed E-state index contributed by atoms with van der Waals surface area (Å²) in [7, 11) is 3.75. The van der Waals surface area contributed by atoms with Crippen molar-refractivity contribution in [2.75, 3.05) is 14.1 Å². The average molecular weight is 207 g/mol. The van der Waals surface area contributed by atoms with Crippen molar-refractivity contribution in [1.82, 2.24) is 5.32 Å². The molecule has 1 fully saturated rings. The second kappa shape index (κ2) is 9.72. The zero-order chi connectivity index (χ0) is 11.5. The molecule has 1 nitrogen and oxygen atoms in total. The third-order valence-corrected chi connectivity index (χ3v) is 2.62. The van der Waals surface area contributed by atoms with Gasteiger partial charge in [0.25, 0.3) is 0 Å². The largest absolute Gasteiger partial charge is 0.323 e. The van der Waals surface area contributed by atoms with E-state index >= 15 is 0 Å². The first-order valence-electron chi connectivity index (χ1n) is 5.83. The average Bonchev–Trinajstić information content (AvgIpc) is 2.28. The van der Waals surface area contributed by atoms with Crippen LogP contribution in [0.15, 0.2) is 37.0 Å². The van der Waals surface area contributed by atoms with Crippen molar-refractivity contribution in [3.8, 4) is 0 Å². The second-order valence-electron chi connectivity index (χ2n) is 3.94. The molecule has 86 valence electrons. The lowest BCUT2D eigenvalue weighted by atomic mass is 9.83. The summed E-state index contributed by atoms with van der Waals surface area (Å²) in [6, 6.07) is 0. The number of allylic oxidation sites excluding steroid dienone is 4. The van der Waals surface area contributed by atoms with Gasteiger partial charge in [-0.2, -0.15) is 0 Å². The normalized spacial score (nSPS) is 17.6. The van der Waals surface area contributed by atoms with Gasteiger partial charge in [-0.05, 0) is 38.4 Å². The van der Waals surface area contributed by atoms with Gasteiger partial charge in [0.2, 0.25) is 0 Å². The highest BCUT2D eigenvalue weighted by Gasteiger charge is 2.14. The van der Waals surface area contributed by atoms with Crippen LogP contribution in [0.5, 0.6) is 0 Å². The Morgan fingerprint density at radius 3 is 2.07 bits per heavy atom. The highest BCUT2D eigenvalue weighted by Crippen LogP contribution is 2.29. The van der Waals surface area contributed by atoms with E-state index in [0.717, 1.165) is 5.92 Å². The second-order valence-corrected chi connectivity index (χ2v) is 3.94. The molecular formula is C14H25N. The first-order valence-corrected chi connectivity index (χ1v) is 5.83. The minimum absolute atomic E-state index is 0.759. The van der Waals surface area contributed by atoms with Crippen molar-refractivity contribution in [2.24, 2.45) is 5.92 Å². The summed E-state index contributed by atoms with van der Waals surface area (Å²) < 4.78 is 0. The van der Waals surface area contributed by atoms with E-state index in [0.29, 0.717) is 0 Å². The Kier molecular flexibility index (Phi) is 9.19. The summed E-state index contributed by atoms with van der Waals surface area (Å²) in [5.41, 5.74) is 1.38. The van der Waals surface area contributed by atoms with E-state index in [4.69, 9.17) is 0 Å². The zero-order valence-electron chi connectivity index (χ0n) is 10.3. The molecule has 1 heteroatoms. The van der Waals surface area contributed by atoms with Crippen LogP contribution in [0, 0.1) is 5.92 Å². The molecule has 0 radical (unpaired) electrons. The van der Waals surface area contributed by atoms with Gasteiger partial charge >= 0.3 is 0 Å². The Balaban J connectivity index is 0.000000583. The Hall–Kier alpha value is -0.820. The van der Waals surface area contributed by atoms with Gasteiger partial charge in [-0.3, -0.25) is 0 Å². The zero-order valence-corrected chi connectivity index (χ0v) is 10.3. The monoisotopic (exact) mass is 207 g/mol. The van der Waals surface area contributed by atoms with Gasteiger partial charge < -0.3 is 5.32 Å². The SMILES string of the molecule is C=C/C=C(\C=C)C1CCCCC1.CNC. The van der Waals surface area contributed by atoms with Crippen molar-refractivity contribution < 1.29 is 0 Å². The van der Waals surface area contributed by atoms with Crippen molar-refractivity contribution in [1.29, 1.82) is 0 Å². The molecule has 0 atom stereocenters. The van der Waals surface area contributed by atoms with E-state index in [1.165, 1.54) is 37.7 Å². The molecule has 15 heavy (non-hydrogen) atoms. The Morgan fingerprint density at radius 2 is 1.67 bits per heavy atom. The third-order valence-electron chi connectivity index (χ3n) is 2.62. The Morgan fingerprint density at radius 1 is 1.13 bits per heavy atom. The van der Waals surface area contributed by atoms with Gasteiger partial charge in [-0.25, -0.2) is 0 Å². The predicted molar refractivity (Wildman–Crippen MR) is 70.0 cm³/mol. The topological polar surface area (TPSA) is 12.0 Å². The molecule has 1 aliphatic carbocycles. The quantitative estimate of drug-likeness (QED) is 0.696. The molecule has 0 unspecified atom stereocenters. The fourth-order valence-electron chi connectivity index (χ4n) is 1.94. The molecule has 0 amide bonds. The van der Waals surface area contributed by atoms with Crippen LogP contribution < -0.4 is 5.32 Å². The standard InChI is InChI=1S/C12H18.C2H7N/c1-3-8-11(4-2)12-9-6-5-7-10-12;1-3-2/h3-4,8,12H,1-2,5-7,9-10H2;3H,1-2H3/b11-8+;. The van der Waals surface area contributed by atoms with Crippen molar-refractivity contribution in [2.45, 2.75) is 32.1 Å². The minimum Gasteiger partial charge on any atom is -0.323 e. The van der Waals surface area contributed by atoms with Crippen LogP contribution in [0.3, 0.4) is 0 Å². The summed E-state index contributed by atoms with van der Waals surface area (Å²) in [5, 5.41) is 2.75. The lowest BCUT2D eigenvalue weighted by Gasteiger charge is -2.22. The smallest absolute Gasteiger partial charge is 0.0162 e. The number of hydrogen-bond acceptors (Lipinski definition) is 1. The van der Waals surface area contributed by atoms with Crippen molar-refractivity contribution >= 4 is 0 Å². The molecule has 0 aromatic carbocycles. The maximum atomic E-state index is 3.84. The maximum absolute atomic E-state index is 3.84. The molecule has 0 aliphatic heterocycles. The molecule has 0 heterocycles. The van der Waals surface area contributed by atoms with E-state index in [-0.39, 0.29) is 0 Å². The maximum Gasteiger partial charge on any atom is -0.0162 e. The summed E-state index contributed by atoms with van der Waals surface area (Å²) >= 11 is 0. The summed E-state index contributed by atoms with van der Waals surface area (Å²) in [4.78, 5) is 0. The summed E-state index contributed by atoms with van der Waals surface area (Å²) in [6.07, 6.45) is 12.8. The van der Waals surface area contributed by atoms with Crippen molar-refractivity contribution in [3.63, 3.8) is 0 Å². The van der Waals surface area contributed by atoms with Gasteiger partial charge in [-0.15, -0.1) is 0 Å². The highest BCUT2D eigenvalue weighted by molar-refractivity contribution is 5.24. The molecule has 1 aliphatic rings. The number of nitrogens with one attached hydrogen (secondary N) is 1. The molecule has 0 bridgehead atoms. The third kappa shape index (κ3) is 6.29. The van der Waals surface area contributed by atoms with Crippen LogP contribution >= 0.6 is 0 Å². The van der Waals surface area contributed by atoms with Gasteiger partial charge in [0.15, 0.2) is 0 Å². The molecular weight excluding hydrogens is 182 g/mol. The van der Waals surface area contributed by atoms with Crippen LogP contribution in [0.2, 0.25) is 0 Å². The molecule has 1 saturated carbocycles. The molecule has 0 aromatic heterocycles. The fourth-order valence-corrected chi connectivity index (χ4v) is 1.94. The van der Waals surface area contributed by atoms with E-state index in [9.17, 15) is 0 Å². The van der Waals surface area contributed by atoms with Gasteiger partial charge in [-0.1, -0.05) is 50.6 Å². The molecule has 0 spiro atoms. The van der Waals surface area contributed by atoms with Crippen LogP contribution in [0.25, 0.3) is 0 Å². The highest BCUT2D eigenvalue weighted by atomic mass is 14.7. The van der Waals surface area contributed by atoms with Crippen LogP contribution in [0.1, 0.15) is 32.1 Å². The summed E-state index contributed by atoms with van der Waals surface area (Å²) in [6.45, 7) is 7.56. The van der Waals surface area contributed by atoms with E-state index in [2.05, 4.69) is 24.6 Å². The van der Waals surface area contributed by atoms with Gasteiger partial charge in [0.1, 0.15) is 0 Å². The van der Waals surface area contributed by atoms with Gasteiger partial charge in [0, 0.05) is 0 Å². The Labute approximate surface area is 95.0 Å². The summed E-state index contributed by atoms with van der Waals surface area (Å²) in [5.74, 6) is 0.759. The van der Waals surface area contributed by atoms with E-state index in [1.54, 1.807) is 0 Å². The predicted octanol–water partition coefficient (Wildman–Crippen LogP) is 3.70. The van der Waals surface area contributed by atoms with Crippen LogP contribution in [-0.2, 0) is 0 Å². The lowest BCUT2D eigenvalue weighted by molar-refractivity contribution is 0.408. The van der Waals surface area contributed by atoms with E-state index in [1.807, 2.05) is 26.2 Å². The van der Waals surface area contributed by atoms with Crippen molar-refractivity contribution in [3.05, 3.63) is 37.0 Å². The van der Waals surface area contributed by atoms with E-state index < -0.39 is 0 Å². The fraction of sp³-hybridized carbons (Fsp3) is 0.571. The lowest BCUT2D eigenvalue weighted by Crippen LogP contribution is -2.07. The number of rotatable bonds is 3.